The van der Waals surface area contributed by atoms with Crippen molar-refractivity contribution in [2.45, 2.75) is 166 Å². The first-order valence-corrected chi connectivity index (χ1v) is 24.8. The molecule has 5 nitrogen and oxygen atoms in total. The molecule has 0 spiro atoms. The Balaban J connectivity index is 0.000000126. The molecule has 5 saturated carbocycles. The number of allylic oxidation sites excluding steroid dienone is 5. The van der Waals surface area contributed by atoms with Crippen molar-refractivity contribution < 1.29 is 25.5 Å². The Kier molecular flexibility index (Phi) is 15.1. The van der Waals surface area contributed by atoms with Gasteiger partial charge in [0.15, 0.2) is 0 Å². The molecule has 0 saturated heterocycles. The van der Waals surface area contributed by atoms with Crippen LogP contribution in [0.4, 0.5) is 0 Å². The van der Waals surface area contributed by atoms with Gasteiger partial charge in [0.2, 0.25) is 0 Å². The summed E-state index contributed by atoms with van der Waals surface area (Å²) in [6.07, 6.45) is 29.4. The molecule has 15 aliphatic rings. The number of hydrogen-bond acceptors (Lipinski definition) is 5. The van der Waals surface area contributed by atoms with Gasteiger partial charge in [0.05, 0.1) is 0 Å². The minimum Gasteiger partial charge on any atom is -0.396 e. The van der Waals surface area contributed by atoms with E-state index in [1.165, 1.54) is 92.1 Å². The van der Waals surface area contributed by atoms with Crippen LogP contribution in [-0.2, 0) is 0 Å². The highest BCUT2D eigenvalue weighted by Gasteiger charge is 2.54. The predicted octanol–water partition coefficient (Wildman–Crippen LogP) is 11.8. The second-order valence-electron chi connectivity index (χ2n) is 24.0. The SMILES string of the molecule is CC1(C)C2CC=C(CCO)C1C2.CC1(C)C2CC=C(CCO)C1C2.CC1(C)C2CC=C(CCO)C1C2.CC1(C)C2CC=C(CCO)C1C2.CC1(C)C2CC=C(CCO)C1C2. The van der Waals surface area contributed by atoms with E-state index in [0.29, 0.717) is 60.1 Å². The highest BCUT2D eigenvalue weighted by Crippen LogP contribution is 2.63. The van der Waals surface area contributed by atoms with Gasteiger partial charge in [-0.25, -0.2) is 0 Å². The van der Waals surface area contributed by atoms with E-state index in [9.17, 15) is 0 Å². The molecule has 60 heavy (non-hydrogen) atoms. The van der Waals surface area contributed by atoms with Crippen LogP contribution in [0.5, 0.6) is 0 Å². The normalized spacial score (nSPS) is 37.1. The maximum absolute atomic E-state index is 8.88. The van der Waals surface area contributed by atoms with Gasteiger partial charge in [-0.2, -0.15) is 0 Å². The van der Waals surface area contributed by atoms with Crippen LogP contribution in [0.1, 0.15) is 166 Å². The summed E-state index contributed by atoms with van der Waals surface area (Å²) >= 11 is 0. The van der Waals surface area contributed by atoms with Gasteiger partial charge in [-0.15, -0.1) is 0 Å². The van der Waals surface area contributed by atoms with E-state index in [1.54, 1.807) is 0 Å². The van der Waals surface area contributed by atoms with Gasteiger partial charge in [-0.1, -0.05) is 127 Å². The van der Waals surface area contributed by atoms with Crippen molar-refractivity contribution in [3.8, 4) is 0 Å². The summed E-state index contributed by atoms with van der Waals surface area (Å²) in [5, 5.41) is 44.4. The molecule has 5 fully saturated rings. The minimum absolute atomic E-state index is 0.322. The third-order valence-corrected chi connectivity index (χ3v) is 19.9. The van der Waals surface area contributed by atoms with Crippen molar-refractivity contribution in [2.24, 2.45) is 86.3 Å². The summed E-state index contributed by atoms with van der Waals surface area (Å²) < 4.78 is 0. The molecule has 15 rings (SSSR count). The van der Waals surface area contributed by atoms with Gasteiger partial charge >= 0.3 is 0 Å². The quantitative estimate of drug-likeness (QED) is 0.141. The summed E-state index contributed by atoms with van der Waals surface area (Å²) in [7, 11) is 0. The fourth-order valence-corrected chi connectivity index (χ4v) is 14.4. The molecule has 0 radical (unpaired) electrons. The van der Waals surface area contributed by atoms with E-state index < -0.39 is 0 Å². The van der Waals surface area contributed by atoms with Crippen LogP contribution in [0.2, 0.25) is 0 Å². The Morgan fingerprint density at radius 1 is 0.317 bits per heavy atom. The van der Waals surface area contributed by atoms with Gasteiger partial charge in [-0.05, 0) is 183 Å². The lowest BCUT2D eigenvalue weighted by atomic mass is 9.48. The summed E-state index contributed by atoms with van der Waals surface area (Å²) in [4.78, 5) is 0. The van der Waals surface area contributed by atoms with Crippen LogP contribution in [0.3, 0.4) is 0 Å². The van der Waals surface area contributed by atoms with Crippen molar-refractivity contribution in [3.05, 3.63) is 58.2 Å². The topological polar surface area (TPSA) is 101 Å². The Labute approximate surface area is 367 Å². The predicted molar refractivity (Wildman–Crippen MR) is 249 cm³/mol. The van der Waals surface area contributed by atoms with Crippen LogP contribution >= 0.6 is 0 Å². The maximum atomic E-state index is 8.88. The van der Waals surface area contributed by atoms with Gasteiger partial charge in [0.1, 0.15) is 0 Å². The fraction of sp³-hybridized carbons (Fsp3) is 0.818. The van der Waals surface area contributed by atoms with E-state index in [-0.39, 0.29) is 0 Å². The van der Waals surface area contributed by atoms with Gasteiger partial charge in [-0.3, -0.25) is 0 Å². The minimum atomic E-state index is 0.322. The maximum Gasteiger partial charge on any atom is 0.0468 e. The molecular weight excluding hydrogens is 741 g/mol. The molecule has 0 aliphatic heterocycles. The largest absolute Gasteiger partial charge is 0.396 e. The average molecular weight is 831 g/mol. The molecule has 5 heteroatoms. The standard InChI is InChI=1S/5C11H18O/c5*1-11(2)9-4-3-8(5-6-12)10(11)7-9/h5*3,9-10,12H,4-7H2,1-2H3. The molecule has 0 aromatic heterocycles. The molecule has 10 bridgehead atoms. The summed E-state index contributed by atoms with van der Waals surface area (Å²) in [5.41, 5.74) is 10.2. The van der Waals surface area contributed by atoms with Gasteiger partial charge in [0, 0.05) is 33.0 Å². The van der Waals surface area contributed by atoms with E-state index in [2.05, 4.69) is 99.6 Å². The van der Waals surface area contributed by atoms with Crippen molar-refractivity contribution in [2.75, 3.05) is 33.0 Å². The molecule has 15 aliphatic carbocycles. The van der Waals surface area contributed by atoms with Crippen LogP contribution in [0.25, 0.3) is 0 Å². The lowest BCUT2D eigenvalue weighted by Gasteiger charge is -2.56. The Hall–Kier alpha value is -1.50. The van der Waals surface area contributed by atoms with Gasteiger partial charge < -0.3 is 25.5 Å². The Morgan fingerprint density at radius 3 is 0.567 bits per heavy atom. The molecule has 0 amide bonds. The summed E-state index contributed by atoms with van der Waals surface area (Å²) in [6.45, 7) is 25.3. The third-order valence-electron chi connectivity index (χ3n) is 19.9. The lowest BCUT2D eigenvalue weighted by Crippen LogP contribution is -2.48. The van der Waals surface area contributed by atoms with Crippen molar-refractivity contribution in [1.82, 2.24) is 0 Å². The number of hydrogen-bond donors (Lipinski definition) is 5. The smallest absolute Gasteiger partial charge is 0.0468 e. The summed E-state index contributed by atoms with van der Waals surface area (Å²) in [6, 6.07) is 0. The zero-order valence-electron chi connectivity index (χ0n) is 40.0. The van der Waals surface area contributed by atoms with Crippen LogP contribution in [0, 0.1) is 86.3 Å². The van der Waals surface area contributed by atoms with E-state index in [0.717, 1.165) is 91.3 Å². The van der Waals surface area contributed by atoms with E-state index in [1.807, 2.05) is 0 Å². The zero-order valence-corrected chi connectivity index (χ0v) is 40.0. The van der Waals surface area contributed by atoms with E-state index in [4.69, 9.17) is 25.5 Å². The van der Waals surface area contributed by atoms with Crippen LogP contribution in [0.15, 0.2) is 58.2 Å². The fourth-order valence-electron chi connectivity index (χ4n) is 14.4. The first-order chi connectivity index (χ1) is 28.3. The first-order valence-electron chi connectivity index (χ1n) is 24.8. The molecule has 340 valence electrons. The van der Waals surface area contributed by atoms with Crippen molar-refractivity contribution in [1.29, 1.82) is 0 Å². The highest BCUT2D eigenvalue weighted by atomic mass is 16.3. The lowest BCUT2D eigenvalue weighted by molar-refractivity contribution is -0.00949. The van der Waals surface area contributed by atoms with Crippen LogP contribution in [-0.4, -0.2) is 58.6 Å². The molecular formula is C55H90O5. The number of aliphatic hydroxyl groups excluding tert-OH is 5. The van der Waals surface area contributed by atoms with Crippen molar-refractivity contribution >= 4 is 0 Å². The summed E-state index contributed by atoms with van der Waals surface area (Å²) in [5.74, 6) is 8.51. The zero-order chi connectivity index (χ0) is 43.8. The average Bonchev–Trinajstić information content (AvgIpc) is 3.22. The van der Waals surface area contributed by atoms with Crippen LogP contribution < -0.4 is 0 Å². The first kappa shape index (κ1) is 48.0. The third kappa shape index (κ3) is 9.07. The highest BCUT2D eigenvalue weighted by molar-refractivity contribution is 5.26. The molecule has 0 heterocycles. The van der Waals surface area contributed by atoms with E-state index >= 15 is 0 Å². The number of aliphatic hydroxyl groups is 5. The number of fused-ring (bicyclic) bond motifs is 5. The molecule has 0 aromatic rings. The molecule has 10 atom stereocenters. The molecule has 0 aromatic carbocycles. The molecule has 10 unspecified atom stereocenters. The second-order valence-corrected chi connectivity index (χ2v) is 24.0. The Bertz CT molecular complexity index is 1350. The van der Waals surface area contributed by atoms with Crippen molar-refractivity contribution in [3.63, 3.8) is 0 Å². The number of rotatable bonds is 10. The molecule has 5 N–H and O–H groups in total. The second kappa shape index (κ2) is 18.9. The van der Waals surface area contributed by atoms with Gasteiger partial charge in [0.25, 0.3) is 0 Å². The Morgan fingerprint density at radius 2 is 0.467 bits per heavy atom. The monoisotopic (exact) mass is 831 g/mol.